The summed E-state index contributed by atoms with van der Waals surface area (Å²) in [5, 5.41) is 2.83. The first-order valence-electron chi connectivity index (χ1n) is 9.01. The molecule has 0 aromatic heterocycles. The van der Waals surface area contributed by atoms with Gasteiger partial charge in [-0.15, -0.1) is 0 Å². The number of amides is 3. The van der Waals surface area contributed by atoms with Crippen molar-refractivity contribution in [2.45, 2.75) is 50.6 Å². The first kappa shape index (κ1) is 19.6. The van der Waals surface area contributed by atoms with E-state index in [0.717, 1.165) is 37.4 Å². The van der Waals surface area contributed by atoms with Crippen LogP contribution in [0, 0.1) is 5.92 Å². The van der Waals surface area contributed by atoms with E-state index in [0.29, 0.717) is 25.9 Å². The number of nitrogens with one attached hydrogen (secondary N) is 1. The smallest absolute Gasteiger partial charge is 0.289 e. The van der Waals surface area contributed by atoms with Crippen molar-refractivity contribution in [2.75, 3.05) is 25.1 Å². The molecule has 0 spiro atoms. The zero-order chi connectivity index (χ0) is 18.9. The summed E-state index contributed by atoms with van der Waals surface area (Å²) in [6, 6.07) is -0.477. The summed E-state index contributed by atoms with van der Waals surface area (Å²) >= 11 is 1.02. The van der Waals surface area contributed by atoms with E-state index in [4.69, 9.17) is 0 Å². The van der Waals surface area contributed by atoms with Crippen molar-refractivity contribution in [1.29, 1.82) is 0 Å². The Labute approximate surface area is 158 Å². The number of rotatable bonds is 4. The van der Waals surface area contributed by atoms with Crippen LogP contribution >= 0.6 is 11.8 Å². The van der Waals surface area contributed by atoms with E-state index in [9.17, 15) is 22.8 Å². The molecular formula is C16H25N3O5S2. The maximum atomic E-state index is 12.7. The molecule has 1 saturated carbocycles. The quantitative estimate of drug-likeness (QED) is 0.744. The molecule has 3 rings (SSSR count). The summed E-state index contributed by atoms with van der Waals surface area (Å²) in [4.78, 5) is 38.1. The molecule has 10 heteroatoms. The number of thioether (sulfide) groups is 1. The normalized spacial score (nSPS) is 29.2. The molecule has 1 N–H and O–H groups in total. The largest absolute Gasteiger partial charge is 0.351 e. The summed E-state index contributed by atoms with van der Waals surface area (Å²) in [6.45, 7) is 0.704. The van der Waals surface area contributed by atoms with Crippen LogP contribution in [0.25, 0.3) is 0 Å². The van der Waals surface area contributed by atoms with Gasteiger partial charge in [-0.3, -0.25) is 19.3 Å². The van der Waals surface area contributed by atoms with Crippen LogP contribution in [0.5, 0.6) is 0 Å². The highest BCUT2D eigenvalue weighted by molar-refractivity contribution is 8.14. The Morgan fingerprint density at radius 1 is 1.12 bits per heavy atom. The molecule has 0 aromatic carbocycles. The molecular weight excluding hydrogens is 378 g/mol. The minimum Gasteiger partial charge on any atom is -0.351 e. The van der Waals surface area contributed by atoms with Crippen molar-refractivity contribution in [3.63, 3.8) is 0 Å². The van der Waals surface area contributed by atoms with E-state index in [1.807, 2.05) is 0 Å². The maximum Gasteiger partial charge on any atom is 0.289 e. The maximum absolute atomic E-state index is 12.7. The van der Waals surface area contributed by atoms with Crippen LogP contribution in [0.3, 0.4) is 0 Å². The third-order valence-electron chi connectivity index (χ3n) is 5.47. The molecule has 2 heterocycles. The Balaban J connectivity index is 1.61. The van der Waals surface area contributed by atoms with Crippen molar-refractivity contribution in [3.05, 3.63) is 0 Å². The fourth-order valence-corrected chi connectivity index (χ4v) is 5.66. The number of nitrogens with zero attached hydrogens (tertiary/aromatic N) is 2. The minimum atomic E-state index is -3.22. The summed E-state index contributed by atoms with van der Waals surface area (Å²) in [5.41, 5.74) is 0. The molecule has 2 aliphatic heterocycles. The fraction of sp³-hybridized carbons (Fsp3) is 0.812. The number of hydrogen-bond acceptors (Lipinski definition) is 6. The molecule has 0 unspecified atom stereocenters. The number of sulfonamides is 1. The van der Waals surface area contributed by atoms with Gasteiger partial charge in [0.2, 0.25) is 21.8 Å². The van der Waals surface area contributed by atoms with Gasteiger partial charge in [-0.2, -0.15) is 0 Å². The predicted molar refractivity (Wildman–Crippen MR) is 98.0 cm³/mol. The molecule has 0 radical (unpaired) electrons. The fourth-order valence-electron chi connectivity index (χ4n) is 4.02. The number of piperidine rings is 1. The van der Waals surface area contributed by atoms with Crippen LogP contribution in [0.1, 0.15) is 38.5 Å². The van der Waals surface area contributed by atoms with E-state index in [1.54, 1.807) is 0 Å². The number of carbonyl (C=O) groups excluding carboxylic acids is 3. The van der Waals surface area contributed by atoms with E-state index in [1.165, 1.54) is 15.5 Å². The number of carbonyl (C=O) groups is 3. The van der Waals surface area contributed by atoms with Crippen LogP contribution in [0.4, 0.5) is 4.79 Å². The SMILES string of the molecule is CS(=O)(=O)N1CCC(C(=O)N[C@H]2CCCC[C@@H]2N2C(=O)CSC2=O)CC1. The van der Waals surface area contributed by atoms with Gasteiger partial charge in [-0.1, -0.05) is 24.6 Å². The van der Waals surface area contributed by atoms with E-state index in [2.05, 4.69) is 5.32 Å². The highest BCUT2D eigenvalue weighted by Gasteiger charge is 2.41. The van der Waals surface area contributed by atoms with Crippen molar-refractivity contribution in [3.8, 4) is 0 Å². The lowest BCUT2D eigenvalue weighted by Gasteiger charge is -2.38. The molecule has 1 aliphatic carbocycles. The third-order valence-corrected chi connectivity index (χ3v) is 7.61. The van der Waals surface area contributed by atoms with Crippen molar-refractivity contribution in [1.82, 2.24) is 14.5 Å². The molecule has 146 valence electrons. The molecule has 2 saturated heterocycles. The van der Waals surface area contributed by atoms with Crippen LogP contribution < -0.4 is 5.32 Å². The number of hydrogen-bond donors (Lipinski definition) is 1. The van der Waals surface area contributed by atoms with Crippen molar-refractivity contribution < 1.29 is 22.8 Å². The second kappa shape index (κ2) is 7.85. The third kappa shape index (κ3) is 4.23. The van der Waals surface area contributed by atoms with Crippen LogP contribution in [0.2, 0.25) is 0 Å². The first-order chi connectivity index (χ1) is 12.3. The Morgan fingerprint density at radius 3 is 2.35 bits per heavy atom. The van der Waals surface area contributed by atoms with Gasteiger partial charge in [0, 0.05) is 25.0 Å². The lowest BCUT2D eigenvalue weighted by molar-refractivity contribution is -0.131. The zero-order valence-corrected chi connectivity index (χ0v) is 16.5. The Bertz CT molecular complexity index is 672. The monoisotopic (exact) mass is 403 g/mol. The Hall–Kier alpha value is -1.13. The van der Waals surface area contributed by atoms with Crippen LogP contribution in [-0.4, -0.2) is 71.9 Å². The van der Waals surface area contributed by atoms with Crippen molar-refractivity contribution >= 4 is 38.8 Å². The molecule has 0 bridgehead atoms. The zero-order valence-electron chi connectivity index (χ0n) is 14.8. The first-order valence-corrected chi connectivity index (χ1v) is 11.8. The standard InChI is InChI=1S/C16H25N3O5S2/c1-26(23,24)18-8-6-11(7-9-18)15(21)17-12-4-2-3-5-13(12)19-14(20)10-25-16(19)22/h11-13H,2-10H2,1H3,(H,17,21)/t12-,13-/m0/s1. The molecule has 0 aromatic rings. The molecule has 8 nitrogen and oxygen atoms in total. The average Bonchev–Trinajstić information content (AvgIpc) is 2.93. The van der Waals surface area contributed by atoms with Gasteiger partial charge in [0.15, 0.2) is 0 Å². The van der Waals surface area contributed by atoms with Crippen LogP contribution in [0.15, 0.2) is 0 Å². The highest BCUT2D eigenvalue weighted by atomic mass is 32.2. The molecule has 3 amide bonds. The molecule has 2 atom stereocenters. The molecule has 3 aliphatic rings. The second-order valence-corrected chi connectivity index (χ2v) is 10.1. The van der Waals surface area contributed by atoms with Gasteiger partial charge in [0.05, 0.1) is 18.1 Å². The van der Waals surface area contributed by atoms with Crippen LogP contribution in [-0.2, 0) is 19.6 Å². The lowest BCUT2D eigenvalue weighted by Crippen LogP contribution is -2.56. The molecule has 26 heavy (non-hydrogen) atoms. The van der Waals surface area contributed by atoms with Gasteiger partial charge in [-0.05, 0) is 25.7 Å². The summed E-state index contributed by atoms with van der Waals surface area (Å²) < 4.78 is 24.6. The summed E-state index contributed by atoms with van der Waals surface area (Å²) in [5.74, 6) is -0.315. The lowest BCUT2D eigenvalue weighted by atomic mass is 9.88. The van der Waals surface area contributed by atoms with Gasteiger partial charge in [0.1, 0.15) is 0 Å². The summed E-state index contributed by atoms with van der Waals surface area (Å²) in [7, 11) is -3.22. The van der Waals surface area contributed by atoms with E-state index >= 15 is 0 Å². The minimum absolute atomic E-state index is 0.0956. The highest BCUT2D eigenvalue weighted by Crippen LogP contribution is 2.30. The van der Waals surface area contributed by atoms with E-state index in [-0.39, 0.29) is 40.8 Å². The topological polar surface area (TPSA) is 104 Å². The van der Waals surface area contributed by atoms with E-state index < -0.39 is 10.0 Å². The predicted octanol–water partition coefficient (Wildman–Crippen LogP) is 0.781. The second-order valence-electron chi connectivity index (χ2n) is 7.22. The Kier molecular flexibility index (Phi) is 5.93. The van der Waals surface area contributed by atoms with Gasteiger partial charge in [-0.25, -0.2) is 12.7 Å². The summed E-state index contributed by atoms with van der Waals surface area (Å²) in [6.07, 6.45) is 5.53. The van der Waals surface area contributed by atoms with Crippen molar-refractivity contribution in [2.24, 2.45) is 5.92 Å². The van der Waals surface area contributed by atoms with Gasteiger partial charge < -0.3 is 5.32 Å². The van der Waals surface area contributed by atoms with Gasteiger partial charge in [0.25, 0.3) is 5.24 Å². The Morgan fingerprint density at radius 2 is 1.77 bits per heavy atom. The number of imide groups is 1. The average molecular weight is 404 g/mol. The molecule has 3 fully saturated rings. The van der Waals surface area contributed by atoms with Gasteiger partial charge >= 0.3 is 0 Å².